The fourth-order valence-corrected chi connectivity index (χ4v) is 0.714. The maximum Gasteiger partial charge on any atom is 0.104 e. The van der Waals surface area contributed by atoms with E-state index in [4.69, 9.17) is 31.3 Å². The molecule has 0 spiro atoms. The molecule has 0 heterocycles. The zero-order valence-corrected chi connectivity index (χ0v) is 6.54. The lowest BCUT2D eigenvalue weighted by Gasteiger charge is -2.25. The molecular formula is C6H15NO5. The Morgan fingerprint density at radius 2 is 1.33 bits per heavy atom. The summed E-state index contributed by atoms with van der Waals surface area (Å²) < 4.78 is 0. The highest BCUT2D eigenvalue weighted by molar-refractivity contribution is 4.83. The van der Waals surface area contributed by atoms with Crippen molar-refractivity contribution in [1.29, 1.82) is 0 Å². The SMILES string of the molecule is N[C@H]([C@H](O)[C@H](O)CO)[C@@H](O)CO. The quantitative estimate of drug-likeness (QED) is 0.260. The van der Waals surface area contributed by atoms with Gasteiger partial charge in [-0.3, -0.25) is 0 Å². The molecule has 0 fully saturated rings. The maximum atomic E-state index is 9.08. The predicted octanol–water partition coefficient (Wildman–Crippen LogP) is -3.62. The molecule has 0 aromatic rings. The van der Waals surface area contributed by atoms with E-state index in [1.54, 1.807) is 0 Å². The molecule has 74 valence electrons. The molecule has 0 aliphatic carbocycles. The van der Waals surface area contributed by atoms with Gasteiger partial charge in [-0.1, -0.05) is 0 Å². The molecule has 0 unspecified atom stereocenters. The third kappa shape index (κ3) is 3.02. The lowest BCUT2D eigenvalue weighted by atomic mass is 10.0. The van der Waals surface area contributed by atoms with Gasteiger partial charge in [0.25, 0.3) is 0 Å². The van der Waals surface area contributed by atoms with E-state index in [1.807, 2.05) is 0 Å². The standard InChI is InChI=1S/C6H15NO5/c7-5(3(10)1-8)6(12)4(11)2-9/h3-6,8-12H,1-2,7H2/t3-,4+,5-,6+/m0/s1. The van der Waals surface area contributed by atoms with Crippen LogP contribution in [0.1, 0.15) is 0 Å². The van der Waals surface area contributed by atoms with Crippen LogP contribution in [0.4, 0.5) is 0 Å². The Morgan fingerprint density at radius 1 is 0.917 bits per heavy atom. The summed E-state index contributed by atoms with van der Waals surface area (Å²) in [4.78, 5) is 0. The number of nitrogens with two attached hydrogens (primary N) is 1. The lowest BCUT2D eigenvalue weighted by Crippen LogP contribution is -2.52. The first kappa shape index (κ1) is 11.8. The van der Waals surface area contributed by atoms with Gasteiger partial charge in [-0.25, -0.2) is 0 Å². The summed E-state index contributed by atoms with van der Waals surface area (Å²) in [5, 5.41) is 43.7. The van der Waals surface area contributed by atoms with Gasteiger partial charge in [0, 0.05) is 0 Å². The second-order valence-electron chi connectivity index (χ2n) is 2.57. The average molecular weight is 181 g/mol. The van der Waals surface area contributed by atoms with Gasteiger partial charge in [0.15, 0.2) is 0 Å². The molecule has 12 heavy (non-hydrogen) atoms. The normalized spacial score (nSPS) is 21.5. The summed E-state index contributed by atoms with van der Waals surface area (Å²) in [6, 6.07) is -1.17. The van der Waals surface area contributed by atoms with Gasteiger partial charge in [0.2, 0.25) is 0 Å². The van der Waals surface area contributed by atoms with E-state index in [0.717, 1.165) is 0 Å². The molecule has 6 nitrogen and oxygen atoms in total. The maximum absolute atomic E-state index is 9.08. The molecule has 0 saturated carbocycles. The lowest BCUT2D eigenvalue weighted by molar-refractivity contribution is -0.0568. The Balaban J connectivity index is 3.99. The summed E-state index contributed by atoms with van der Waals surface area (Å²) in [5.41, 5.74) is 5.22. The fraction of sp³-hybridized carbons (Fsp3) is 1.00. The Kier molecular flexibility index (Phi) is 5.31. The minimum absolute atomic E-state index is 0.601. The van der Waals surface area contributed by atoms with Crippen LogP contribution in [0.5, 0.6) is 0 Å². The molecule has 0 amide bonds. The molecule has 0 saturated heterocycles. The van der Waals surface area contributed by atoms with Crippen molar-refractivity contribution >= 4 is 0 Å². The van der Waals surface area contributed by atoms with Gasteiger partial charge in [0.05, 0.1) is 31.5 Å². The first-order valence-electron chi connectivity index (χ1n) is 3.56. The largest absolute Gasteiger partial charge is 0.394 e. The molecule has 6 heteroatoms. The van der Waals surface area contributed by atoms with Crippen molar-refractivity contribution in [3.05, 3.63) is 0 Å². The first-order chi connectivity index (χ1) is 5.54. The number of aliphatic hydroxyl groups excluding tert-OH is 5. The summed E-state index contributed by atoms with van der Waals surface area (Å²) in [6.45, 7) is -1.25. The van der Waals surface area contributed by atoms with E-state index in [9.17, 15) is 0 Å². The number of rotatable bonds is 5. The van der Waals surface area contributed by atoms with Crippen LogP contribution in [0.2, 0.25) is 0 Å². The van der Waals surface area contributed by atoms with Gasteiger partial charge >= 0.3 is 0 Å². The van der Waals surface area contributed by atoms with Gasteiger partial charge in [-0.15, -0.1) is 0 Å². The topological polar surface area (TPSA) is 127 Å². The molecule has 0 rings (SSSR count). The van der Waals surface area contributed by atoms with E-state index < -0.39 is 37.6 Å². The minimum Gasteiger partial charge on any atom is -0.394 e. The molecule has 0 bridgehead atoms. The van der Waals surface area contributed by atoms with Crippen molar-refractivity contribution < 1.29 is 25.5 Å². The fourth-order valence-electron chi connectivity index (χ4n) is 0.714. The third-order valence-electron chi connectivity index (χ3n) is 1.61. The van der Waals surface area contributed by atoms with Crippen molar-refractivity contribution in [2.24, 2.45) is 5.73 Å². The van der Waals surface area contributed by atoms with Crippen molar-refractivity contribution in [1.82, 2.24) is 0 Å². The zero-order valence-electron chi connectivity index (χ0n) is 6.54. The summed E-state index contributed by atoms with van der Waals surface area (Å²) in [6.07, 6.45) is -4.15. The molecule has 0 aromatic heterocycles. The third-order valence-corrected chi connectivity index (χ3v) is 1.61. The Bertz CT molecular complexity index is 109. The smallest absolute Gasteiger partial charge is 0.104 e. The van der Waals surface area contributed by atoms with Crippen LogP contribution in [-0.4, -0.2) is 63.1 Å². The number of hydrogen-bond donors (Lipinski definition) is 6. The Hall–Kier alpha value is -0.240. The van der Waals surface area contributed by atoms with Crippen LogP contribution in [0.3, 0.4) is 0 Å². The highest BCUT2D eigenvalue weighted by Gasteiger charge is 2.27. The van der Waals surface area contributed by atoms with E-state index in [0.29, 0.717) is 0 Å². The van der Waals surface area contributed by atoms with Crippen molar-refractivity contribution in [2.75, 3.05) is 13.2 Å². The van der Waals surface area contributed by atoms with E-state index in [2.05, 4.69) is 0 Å². The molecule has 0 aliphatic rings. The molecule has 4 atom stereocenters. The molecular weight excluding hydrogens is 166 g/mol. The molecule has 0 aromatic carbocycles. The Morgan fingerprint density at radius 3 is 1.67 bits per heavy atom. The predicted molar refractivity (Wildman–Crippen MR) is 40.2 cm³/mol. The van der Waals surface area contributed by atoms with Crippen LogP contribution in [0, 0.1) is 0 Å². The van der Waals surface area contributed by atoms with Gasteiger partial charge in [-0.2, -0.15) is 0 Å². The van der Waals surface area contributed by atoms with Crippen LogP contribution in [-0.2, 0) is 0 Å². The monoisotopic (exact) mass is 181 g/mol. The van der Waals surface area contributed by atoms with Gasteiger partial charge < -0.3 is 31.3 Å². The highest BCUT2D eigenvalue weighted by Crippen LogP contribution is 2.01. The summed E-state index contributed by atoms with van der Waals surface area (Å²) in [7, 11) is 0. The van der Waals surface area contributed by atoms with Crippen LogP contribution in [0.25, 0.3) is 0 Å². The van der Waals surface area contributed by atoms with Crippen molar-refractivity contribution in [3.63, 3.8) is 0 Å². The molecule has 7 N–H and O–H groups in total. The van der Waals surface area contributed by atoms with Crippen molar-refractivity contribution in [2.45, 2.75) is 24.4 Å². The summed E-state index contributed by atoms with van der Waals surface area (Å²) >= 11 is 0. The molecule has 0 aliphatic heterocycles. The summed E-state index contributed by atoms with van der Waals surface area (Å²) in [5.74, 6) is 0. The number of hydrogen-bond acceptors (Lipinski definition) is 6. The van der Waals surface area contributed by atoms with E-state index in [1.165, 1.54) is 0 Å². The number of aliphatic hydroxyl groups is 5. The van der Waals surface area contributed by atoms with Gasteiger partial charge in [0.1, 0.15) is 6.10 Å². The van der Waals surface area contributed by atoms with Gasteiger partial charge in [-0.05, 0) is 0 Å². The van der Waals surface area contributed by atoms with Crippen molar-refractivity contribution in [3.8, 4) is 0 Å². The van der Waals surface area contributed by atoms with E-state index in [-0.39, 0.29) is 0 Å². The van der Waals surface area contributed by atoms with Crippen LogP contribution in [0.15, 0.2) is 0 Å². The second kappa shape index (κ2) is 5.41. The highest BCUT2D eigenvalue weighted by atomic mass is 16.4. The van der Waals surface area contributed by atoms with Crippen LogP contribution >= 0.6 is 0 Å². The second-order valence-corrected chi connectivity index (χ2v) is 2.57. The van der Waals surface area contributed by atoms with Crippen LogP contribution < -0.4 is 5.73 Å². The zero-order chi connectivity index (χ0) is 9.72. The minimum atomic E-state index is -1.45. The average Bonchev–Trinajstić information content (AvgIpc) is 2.12. The van der Waals surface area contributed by atoms with E-state index >= 15 is 0 Å². The first-order valence-corrected chi connectivity index (χ1v) is 3.56. The Labute approximate surface area is 69.9 Å². The molecule has 0 radical (unpaired) electrons.